The van der Waals surface area contributed by atoms with E-state index in [-0.39, 0.29) is 11.7 Å². The van der Waals surface area contributed by atoms with Gasteiger partial charge in [0.1, 0.15) is 17.4 Å². The molecule has 0 aliphatic carbocycles. The third kappa shape index (κ3) is 4.42. The Bertz CT molecular complexity index is 528. The van der Waals surface area contributed by atoms with E-state index in [0.717, 1.165) is 0 Å². The number of nitrogens with zero attached hydrogens (tertiary/aromatic N) is 1. The molecule has 1 aromatic heterocycles. The van der Waals surface area contributed by atoms with Crippen LogP contribution in [0.4, 0.5) is 10.2 Å². The van der Waals surface area contributed by atoms with E-state index in [1.54, 1.807) is 24.4 Å². The van der Waals surface area contributed by atoms with E-state index in [2.05, 4.69) is 15.5 Å². The van der Waals surface area contributed by atoms with Crippen molar-refractivity contribution in [1.29, 1.82) is 0 Å². The molecular weight excluding hydrogens is 249 g/mol. The van der Waals surface area contributed by atoms with Gasteiger partial charge in [-0.05, 0) is 18.6 Å². The minimum Gasteiger partial charge on any atom is -0.493 e. The standard InChI is InChI=1S/C13H14FN3O2/c14-10-3-1-4-11(9-10)19-8-2-5-13(18)16-12-6-7-15-17-12/h1,3-4,6-7,9H,2,5,8H2,(H2,15,16,17,18). The highest BCUT2D eigenvalue weighted by Crippen LogP contribution is 2.12. The first-order valence-corrected chi connectivity index (χ1v) is 5.91. The monoisotopic (exact) mass is 263 g/mol. The van der Waals surface area contributed by atoms with Crippen molar-refractivity contribution in [3.63, 3.8) is 0 Å². The zero-order chi connectivity index (χ0) is 13.5. The Hall–Kier alpha value is -2.37. The van der Waals surface area contributed by atoms with Gasteiger partial charge in [0.25, 0.3) is 0 Å². The number of carbonyl (C=O) groups is 1. The summed E-state index contributed by atoms with van der Waals surface area (Å²) in [5.74, 6) is 0.576. The molecule has 0 saturated heterocycles. The second-order valence-electron chi connectivity index (χ2n) is 3.93. The molecule has 5 nitrogen and oxygen atoms in total. The molecule has 0 radical (unpaired) electrons. The molecule has 0 saturated carbocycles. The van der Waals surface area contributed by atoms with Gasteiger partial charge in [0.05, 0.1) is 12.8 Å². The number of anilines is 1. The third-order valence-corrected chi connectivity index (χ3v) is 2.39. The van der Waals surface area contributed by atoms with Gasteiger partial charge in [-0.1, -0.05) is 6.07 Å². The lowest BCUT2D eigenvalue weighted by Gasteiger charge is -2.06. The molecule has 0 fully saturated rings. The molecular formula is C13H14FN3O2. The fourth-order valence-corrected chi connectivity index (χ4v) is 1.52. The lowest BCUT2D eigenvalue weighted by atomic mass is 10.3. The van der Waals surface area contributed by atoms with E-state index in [1.807, 2.05) is 0 Å². The van der Waals surface area contributed by atoms with Gasteiger partial charge in [-0.25, -0.2) is 4.39 Å². The van der Waals surface area contributed by atoms with Crippen LogP contribution in [0.5, 0.6) is 5.75 Å². The third-order valence-electron chi connectivity index (χ3n) is 2.39. The Morgan fingerprint density at radius 1 is 1.42 bits per heavy atom. The number of rotatable bonds is 6. The second kappa shape index (κ2) is 6.53. The van der Waals surface area contributed by atoms with Crippen LogP contribution in [-0.2, 0) is 4.79 Å². The predicted molar refractivity (Wildman–Crippen MR) is 68.3 cm³/mol. The highest BCUT2D eigenvalue weighted by Gasteiger charge is 2.03. The number of ether oxygens (including phenoxy) is 1. The average Bonchev–Trinajstić information content (AvgIpc) is 2.87. The number of H-pyrrole nitrogens is 1. The topological polar surface area (TPSA) is 67.0 Å². The molecule has 2 rings (SSSR count). The van der Waals surface area contributed by atoms with Crippen molar-refractivity contribution in [3.8, 4) is 5.75 Å². The molecule has 2 N–H and O–H groups in total. The minimum atomic E-state index is -0.338. The number of aromatic amines is 1. The van der Waals surface area contributed by atoms with E-state index in [4.69, 9.17) is 4.74 Å². The molecule has 0 atom stereocenters. The van der Waals surface area contributed by atoms with Gasteiger partial charge in [0, 0.05) is 18.6 Å². The zero-order valence-corrected chi connectivity index (χ0v) is 10.2. The Balaban J connectivity index is 1.65. The molecule has 2 aromatic rings. The summed E-state index contributed by atoms with van der Waals surface area (Å²) in [6, 6.07) is 7.58. The number of hydrogen-bond donors (Lipinski definition) is 2. The van der Waals surface area contributed by atoms with Gasteiger partial charge in [0.2, 0.25) is 5.91 Å². The summed E-state index contributed by atoms with van der Waals surface area (Å²) in [4.78, 5) is 11.5. The molecule has 1 heterocycles. The number of hydrogen-bond acceptors (Lipinski definition) is 3. The SMILES string of the molecule is O=C(CCCOc1cccc(F)c1)Nc1ccn[nH]1. The van der Waals surface area contributed by atoms with Crippen LogP contribution < -0.4 is 10.1 Å². The van der Waals surface area contributed by atoms with Crippen molar-refractivity contribution >= 4 is 11.7 Å². The summed E-state index contributed by atoms with van der Waals surface area (Å²) >= 11 is 0. The van der Waals surface area contributed by atoms with Crippen molar-refractivity contribution < 1.29 is 13.9 Å². The maximum Gasteiger partial charge on any atom is 0.225 e. The molecule has 0 spiro atoms. The summed E-state index contributed by atoms with van der Waals surface area (Å²) in [6.45, 7) is 0.361. The first kappa shape index (κ1) is 13.1. The van der Waals surface area contributed by atoms with Crippen molar-refractivity contribution in [1.82, 2.24) is 10.2 Å². The first-order valence-electron chi connectivity index (χ1n) is 5.91. The molecule has 100 valence electrons. The normalized spacial score (nSPS) is 10.2. The fraction of sp³-hybridized carbons (Fsp3) is 0.231. The van der Waals surface area contributed by atoms with Crippen LogP contribution in [0.15, 0.2) is 36.5 Å². The Morgan fingerprint density at radius 3 is 3.05 bits per heavy atom. The van der Waals surface area contributed by atoms with Crippen LogP contribution in [0.25, 0.3) is 0 Å². The Labute approximate surface area is 109 Å². The van der Waals surface area contributed by atoms with Crippen LogP contribution in [0, 0.1) is 5.82 Å². The van der Waals surface area contributed by atoms with Gasteiger partial charge in [-0.2, -0.15) is 5.10 Å². The van der Waals surface area contributed by atoms with Crippen LogP contribution in [0.1, 0.15) is 12.8 Å². The lowest BCUT2D eigenvalue weighted by molar-refractivity contribution is -0.116. The molecule has 0 aliphatic heterocycles. The van der Waals surface area contributed by atoms with Crippen molar-refractivity contribution in [2.24, 2.45) is 0 Å². The quantitative estimate of drug-likeness (QED) is 0.786. The first-order chi connectivity index (χ1) is 9.24. The van der Waals surface area contributed by atoms with Gasteiger partial charge in [-0.15, -0.1) is 0 Å². The van der Waals surface area contributed by atoms with Crippen LogP contribution in [-0.4, -0.2) is 22.7 Å². The van der Waals surface area contributed by atoms with Crippen molar-refractivity contribution in [3.05, 3.63) is 42.3 Å². The largest absolute Gasteiger partial charge is 0.493 e. The van der Waals surface area contributed by atoms with Crippen LogP contribution >= 0.6 is 0 Å². The summed E-state index contributed by atoms with van der Waals surface area (Å²) in [5.41, 5.74) is 0. The van der Waals surface area contributed by atoms with Crippen molar-refractivity contribution in [2.45, 2.75) is 12.8 Å². The molecule has 6 heteroatoms. The molecule has 1 amide bonds. The average molecular weight is 263 g/mol. The molecule has 19 heavy (non-hydrogen) atoms. The van der Waals surface area contributed by atoms with Gasteiger partial charge < -0.3 is 10.1 Å². The number of aromatic nitrogens is 2. The maximum atomic E-state index is 12.9. The van der Waals surface area contributed by atoms with Gasteiger partial charge >= 0.3 is 0 Å². The Morgan fingerprint density at radius 2 is 2.32 bits per heavy atom. The van der Waals surface area contributed by atoms with Crippen LogP contribution in [0.3, 0.4) is 0 Å². The number of benzene rings is 1. The number of carbonyl (C=O) groups excluding carboxylic acids is 1. The number of nitrogens with one attached hydrogen (secondary N) is 2. The van der Waals surface area contributed by atoms with Crippen LogP contribution in [0.2, 0.25) is 0 Å². The van der Waals surface area contributed by atoms with Crippen molar-refractivity contribution in [2.75, 3.05) is 11.9 Å². The summed E-state index contributed by atoms with van der Waals surface area (Å²) in [5, 5.41) is 9.01. The maximum absolute atomic E-state index is 12.9. The zero-order valence-electron chi connectivity index (χ0n) is 10.2. The van der Waals surface area contributed by atoms with E-state index >= 15 is 0 Å². The smallest absolute Gasteiger partial charge is 0.225 e. The summed E-state index contributed by atoms with van der Waals surface area (Å²) in [7, 11) is 0. The van der Waals surface area contributed by atoms with E-state index < -0.39 is 0 Å². The highest BCUT2D eigenvalue weighted by molar-refractivity contribution is 5.89. The minimum absolute atomic E-state index is 0.118. The second-order valence-corrected chi connectivity index (χ2v) is 3.93. The van der Waals surface area contributed by atoms with Gasteiger partial charge in [0.15, 0.2) is 0 Å². The van der Waals surface area contributed by atoms with Gasteiger partial charge in [-0.3, -0.25) is 9.89 Å². The van der Waals surface area contributed by atoms with E-state index in [0.29, 0.717) is 31.0 Å². The summed E-state index contributed by atoms with van der Waals surface area (Å²) in [6.07, 6.45) is 2.44. The summed E-state index contributed by atoms with van der Waals surface area (Å²) < 4.78 is 18.2. The number of halogens is 1. The molecule has 0 aliphatic rings. The number of amides is 1. The van der Waals surface area contributed by atoms with E-state index in [1.165, 1.54) is 12.1 Å². The molecule has 0 bridgehead atoms. The van der Waals surface area contributed by atoms with E-state index in [9.17, 15) is 9.18 Å². The molecule has 1 aromatic carbocycles. The lowest BCUT2D eigenvalue weighted by Crippen LogP contribution is -2.13. The Kier molecular flexibility index (Phi) is 4.49. The molecule has 0 unspecified atom stereocenters. The highest BCUT2D eigenvalue weighted by atomic mass is 19.1. The fourth-order valence-electron chi connectivity index (χ4n) is 1.52. The predicted octanol–water partition coefficient (Wildman–Crippen LogP) is 2.35.